The average Bonchev–Trinajstić information content (AvgIpc) is 2.39. The first kappa shape index (κ1) is 13.1. The van der Waals surface area contributed by atoms with Crippen molar-refractivity contribution in [2.24, 2.45) is 0 Å². The predicted molar refractivity (Wildman–Crippen MR) is 58.3 cm³/mol. The lowest BCUT2D eigenvalue weighted by Crippen LogP contribution is -2.06. The molecule has 1 aromatic heterocycles. The number of aromatic nitrogens is 1. The van der Waals surface area contributed by atoms with Gasteiger partial charge in [-0.25, -0.2) is 22.0 Å². The lowest BCUT2D eigenvalue weighted by atomic mass is 10.0. The number of anilines is 2. The highest BCUT2D eigenvalue weighted by Gasteiger charge is 2.27. The molecule has 0 saturated carbocycles. The second-order valence-electron chi connectivity index (χ2n) is 3.63. The van der Waals surface area contributed by atoms with Crippen molar-refractivity contribution in [3.8, 4) is 11.1 Å². The van der Waals surface area contributed by atoms with Crippen molar-refractivity contribution in [1.29, 1.82) is 0 Å². The fraction of sp³-hybridized carbons (Fsp3) is 0. The van der Waals surface area contributed by atoms with Gasteiger partial charge in [0.1, 0.15) is 0 Å². The molecule has 2 rings (SSSR count). The molecule has 0 bridgehead atoms. The Balaban J connectivity index is 2.87. The number of pyridine rings is 1. The van der Waals surface area contributed by atoms with Gasteiger partial charge in [0.2, 0.25) is 5.82 Å². The molecule has 0 spiro atoms. The zero-order valence-corrected chi connectivity index (χ0v) is 9.15. The smallest absolute Gasteiger partial charge is 0.200 e. The van der Waals surface area contributed by atoms with Crippen LogP contribution in [0, 0.1) is 29.1 Å². The van der Waals surface area contributed by atoms with Crippen LogP contribution < -0.4 is 11.5 Å². The molecule has 0 fully saturated rings. The molecule has 0 atom stereocenters. The Hall–Kier alpha value is -2.38. The lowest BCUT2D eigenvalue weighted by Gasteiger charge is -2.11. The van der Waals surface area contributed by atoms with Crippen LogP contribution in [0.3, 0.4) is 0 Å². The summed E-state index contributed by atoms with van der Waals surface area (Å²) >= 11 is 0. The van der Waals surface area contributed by atoms with Crippen LogP contribution in [0.5, 0.6) is 0 Å². The topological polar surface area (TPSA) is 64.9 Å². The van der Waals surface area contributed by atoms with Crippen LogP contribution in [0.2, 0.25) is 0 Å². The fourth-order valence-electron chi connectivity index (χ4n) is 1.53. The SMILES string of the molecule is Nc1cncc(-c2c(F)c(F)c(F)c(F)c2F)c1N. The summed E-state index contributed by atoms with van der Waals surface area (Å²) in [6, 6.07) is 0. The van der Waals surface area contributed by atoms with Gasteiger partial charge >= 0.3 is 0 Å². The van der Waals surface area contributed by atoms with Crippen LogP contribution in [0.4, 0.5) is 33.3 Å². The molecule has 1 heterocycles. The third kappa shape index (κ3) is 1.85. The molecule has 2 aromatic rings. The molecule has 0 aliphatic heterocycles. The first-order valence-electron chi connectivity index (χ1n) is 4.87. The number of nitrogens with two attached hydrogens (primary N) is 2. The summed E-state index contributed by atoms with van der Waals surface area (Å²) in [6.07, 6.45) is 1.95. The first-order chi connectivity index (χ1) is 8.86. The van der Waals surface area contributed by atoms with Gasteiger partial charge < -0.3 is 11.5 Å². The molecule has 3 nitrogen and oxygen atoms in total. The minimum Gasteiger partial charge on any atom is -0.396 e. The number of benzene rings is 1. The van der Waals surface area contributed by atoms with E-state index in [0.717, 1.165) is 12.4 Å². The van der Waals surface area contributed by atoms with Gasteiger partial charge in [0.15, 0.2) is 23.3 Å². The second-order valence-corrected chi connectivity index (χ2v) is 3.63. The second kappa shape index (κ2) is 4.38. The zero-order chi connectivity index (χ0) is 14.3. The summed E-state index contributed by atoms with van der Waals surface area (Å²) in [5.74, 6) is -10.3. The van der Waals surface area contributed by atoms with Crippen molar-refractivity contribution in [2.75, 3.05) is 11.5 Å². The Kier molecular flexibility index (Phi) is 3.01. The summed E-state index contributed by atoms with van der Waals surface area (Å²) in [5.41, 5.74) is 8.74. The molecular weight excluding hydrogens is 269 g/mol. The summed E-state index contributed by atoms with van der Waals surface area (Å²) in [5, 5.41) is 0. The van der Waals surface area contributed by atoms with Gasteiger partial charge in [-0.1, -0.05) is 0 Å². The van der Waals surface area contributed by atoms with E-state index in [1.54, 1.807) is 0 Å². The van der Waals surface area contributed by atoms with Gasteiger partial charge in [-0.15, -0.1) is 0 Å². The highest BCUT2D eigenvalue weighted by atomic mass is 19.2. The molecule has 19 heavy (non-hydrogen) atoms. The molecule has 8 heteroatoms. The summed E-state index contributed by atoms with van der Waals surface area (Å²) in [4.78, 5) is 3.51. The van der Waals surface area contributed by atoms with Gasteiger partial charge in [0.05, 0.1) is 23.1 Å². The Morgan fingerprint density at radius 3 is 1.74 bits per heavy atom. The van der Waals surface area contributed by atoms with Gasteiger partial charge in [0.25, 0.3) is 0 Å². The van der Waals surface area contributed by atoms with Gasteiger partial charge in [-0.2, -0.15) is 0 Å². The number of hydrogen-bond acceptors (Lipinski definition) is 3. The van der Waals surface area contributed by atoms with E-state index in [1.807, 2.05) is 0 Å². The Labute approximate surface area is 103 Å². The zero-order valence-electron chi connectivity index (χ0n) is 9.15. The number of nitrogens with zero attached hydrogens (tertiary/aromatic N) is 1. The number of nitrogen functional groups attached to an aromatic ring is 2. The lowest BCUT2D eigenvalue weighted by molar-refractivity contribution is 0.381. The van der Waals surface area contributed by atoms with Crippen molar-refractivity contribution < 1.29 is 22.0 Å². The van der Waals surface area contributed by atoms with E-state index in [9.17, 15) is 22.0 Å². The van der Waals surface area contributed by atoms with E-state index < -0.39 is 40.2 Å². The largest absolute Gasteiger partial charge is 0.396 e. The molecule has 0 saturated heterocycles. The fourth-order valence-corrected chi connectivity index (χ4v) is 1.53. The standard InChI is InChI=1S/C11H6F5N3/c12-6-5(3-1-19-2-4(17)11(3)18)7(13)9(15)10(16)8(6)14/h1-2H,17H2,(H2,18,19). The van der Waals surface area contributed by atoms with Gasteiger partial charge in [-0.05, 0) is 0 Å². The molecule has 4 N–H and O–H groups in total. The first-order valence-corrected chi connectivity index (χ1v) is 4.87. The normalized spacial score (nSPS) is 10.8. The van der Waals surface area contributed by atoms with Crippen LogP contribution in [-0.2, 0) is 0 Å². The number of rotatable bonds is 1. The van der Waals surface area contributed by atoms with Crippen LogP contribution in [0.1, 0.15) is 0 Å². The van der Waals surface area contributed by atoms with Gasteiger partial charge in [0, 0.05) is 11.8 Å². The van der Waals surface area contributed by atoms with Gasteiger partial charge in [-0.3, -0.25) is 4.98 Å². The maximum atomic E-state index is 13.6. The van der Waals surface area contributed by atoms with E-state index in [0.29, 0.717) is 0 Å². The van der Waals surface area contributed by atoms with Crippen molar-refractivity contribution in [3.63, 3.8) is 0 Å². The van der Waals surface area contributed by atoms with E-state index in [4.69, 9.17) is 11.5 Å². The van der Waals surface area contributed by atoms with E-state index in [-0.39, 0.29) is 11.4 Å². The monoisotopic (exact) mass is 275 g/mol. The molecule has 100 valence electrons. The number of halogens is 5. The number of hydrogen-bond donors (Lipinski definition) is 2. The van der Waals surface area contributed by atoms with Crippen LogP contribution in [0.25, 0.3) is 11.1 Å². The van der Waals surface area contributed by atoms with Crippen molar-refractivity contribution in [1.82, 2.24) is 4.98 Å². The third-order valence-corrected chi connectivity index (χ3v) is 2.50. The molecule has 0 unspecified atom stereocenters. The molecule has 0 aliphatic rings. The summed E-state index contributed by atoms with van der Waals surface area (Å²) < 4.78 is 66.1. The Morgan fingerprint density at radius 2 is 1.21 bits per heavy atom. The highest BCUT2D eigenvalue weighted by Crippen LogP contribution is 2.35. The van der Waals surface area contributed by atoms with Crippen LogP contribution >= 0.6 is 0 Å². The van der Waals surface area contributed by atoms with E-state index in [1.165, 1.54) is 0 Å². The van der Waals surface area contributed by atoms with E-state index >= 15 is 0 Å². The molecule has 0 amide bonds. The van der Waals surface area contributed by atoms with E-state index in [2.05, 4.69) is 4.98 Å². The minimum absolute atomic E-state index is 0.138. The predicted octanol–water partition coefficient (Wildman–Crippen LogP) is 2.61. The van der Waals surface area contributed by atoms with Crippen molar-refractivity contribution in [3.05, 3.63) is 41.5 Å². The third-order valence-electron chi connectivity index (χ3n) is 2.50. The maximum Gasteiger partial charge on any atom is 0.200 e. The minimum atomic E-state index is -2.24. The quantitative estimate of drug-likeness (QED) is 0.477. The van der Waals surface area contributed by atoms with Crippen molar-refractivity contribution in [2.45, 2.75) is 0 Å². The van der Waals surface area contributed by atoms with Crippen LogP contribution in [0.15, 0.2) is 12.4 Å². The Morgan fingerprint density at radius 1 is 0.737 bits per heavy atom. The molecule has 0 aliphatic carbocycles. The summed E-state index contributed by atoms with van der Waals surface area (Å²) in [6.45, 7) is 0. The van der Waals surface area contributed by atoms with Crippen molar-refractivity contribution >= 4 is 11.4 Å². The average molecular weight is 275 g/mol. The summed E-state index contributed by atoms with van der Waals surface area (Å²) in [7, 11) is 0. The maximum absolute atomic E-state index is 13.6. The molecular formula is C11H6F5N3. The van der Waals surface area contributed by atoms with Crippen LogP contribution in [-0.4, -0.2) is 4.98 Å². The molecule has 1 aromatic carbocycles. The molecule has 0 radical (unpaired) electrons. The highest BCUT2D eigenvalue weighted by molar-refractivity contribution is 5.83. The Bertz CT molecular complexity index is 643.